The van der Waals surface area contributed by atoms with Gasteiger partial charge in [-0.25, -0.2) is 4.98 Å². The van der Waals surface area contributed by atoms with E-state index in [0.29, 0.717) is 11.5 Å². The minimum absolute atomic E-state index is 0.0346. The molecule has 0 fully saturated rings. The van der Waals surface area contributed by atoms with Crippen LogP contribution in [0.4, 0.5) is 5.82 Å². The molecule has 1 heterocycles. The fraction of sp³-hybridized carbons (Fsp3) is 0.333. The van der Waals surface area contributed by atoms with Crippen molar-refractivity contribution in [1.29, 1.82) is 0 Å². The largest absolute Gasteiger partial charge is 0.394 e. The SMILES string of the molecule is CCC(CO)Nc1cncc(-c2ccccc2CO)n1. The maximum absolute atomic E-state index is 9.37. The molecular formula is C15H19N3O2. The van der Waals surface area contributed by atoms with Gasteiger partial charge in [0.25, 0.3) is 0 Å². The quantitative estimate of drug-likeness (QED) is 0.748. The van der Waals surface area contributed by atoms with Gasteiger partial charge >= 0.3 is 0 Å². The topological polar surface area (TPSA) is 78.3 Å². The standard InChI is InChI=1S/C15H19N3O2/c1-2-12(10-20)17-15-8-16-7-14(18-15)13-6-4-3-5-11(13)9-19/h3-8,12,19-20H,2,9-10H2,1H3,(H,17,18). The Morgan fingerprint density at radius 2 is 2.00 bits per heavy atom. The van der Waals surface area contributed by atoms with Crippen molar-refractivity contribution in [2.45, 2.75) is 26.0 Å². The second kappa shape index (κ2) is 6.98. The van der Waals surface area contributed by atoms with Crippen molar-refractivity contribution in [2.75, 3.05) is 11.9 Å². The monoisotopic (exact) mass is 273 g/mol. The molecular weight excluding hydrogens is 254 g/mol. The van der Waals surface area contributed by atoms with E-state index in [9.17, 15) is 10.2 Å². The number of anilines is 1. The lowest BCUT2D eigenvalue weighted by Crippen LogP contribution is -2.23. The fourth-order valence-electron chi connectivity index (χ4n) is 1.96. The highest BCUT2D eigenvalue weighted by atomic mass is 16.3. The third-order valence-corrected chi connectivity index (χ3v) is 3.16. The highest BCUT2D eigenvalue weighted by Gasteiger charge is 2.09. The van der Waals surface area contributed by atoms with Crippen LogP contribution in [0.15, 0.2) is 36.7 Å². The Morgan fingerprint density at radius 1 is 1.20 bits per heavy atom. The zero-order chi connectivity index (χ0) is 14.4. The minimum Gasteiger partial charge on any atom is -0.394 e. The summed E-state index contributed by atoms with van der Waals surface area (Å²) in [5, 5.41) is 21.7. The van der Waals surface area contributed by atoms with Crippen LogP contribution in [0.2, 0.25) is 0 Å². The molecule has 106 valence electrons. The summed E-state index contributed by atoms with van der Waals surface area (Å²) in [5.41, 5.74) is 2.38. The number of rotatable bonds is 6. The molecule has 3 N–H and O–H groups in total. The van der Waals surface area contributed by atoms with Gasteiger partial charge in [0.1, 0.15) is 5.82 Å². The molecule has 20 heavy (non-hydrogen) atoms. The maximum Gasteiger partial charge on any atom is 0.145 e. The summed E-state index contributed by atoms with van der Waals surface area (Å²) in [6, 6.07) is 7.51. The number of benzene rings is 1. The van der Waals surface area contributed by atoms with Gasteiger partial charge in [-0.2, -0.15) is 0 Å². The Morgan fingerprint density at radius 3 is 2.70 bits per heavy atom. The number of hydrogen-bond donors (Lipinski definition) is 3. The number of hydrogen-bond acceptors (Lipinski definition) is 5. The van der Waals surface area contributed by atoms with Crippen molar-refractivity contribution in [2.24, 2.45) is 0 Å². The number of nitrogens with zero attached hydrogens (tertiary/aromatic N) is 2. The second-order valence-corrected chi connectivity index (χ2v) is 4.54. The predicted octanol–water partition coefficient (Wildman–Crippen LogP) is 1.82. The first kappa shape index (κ1) is 14.4. The zero-order valence-corrected chi connectivity index (χ0v) is 11.5. The highest BCUT2D eigenvalue weighted by Crippen LogP contribution is 2.22. The zero-order valence-electron chi connectivity index (χ0n) is 11.5. The van der Waals surface area contributed by atoms with E-state index in [0.717, 1.165) is 17.5 Å². The molecule has 2 aromatic rings. The first-order valence-electron chi connectivity index (χ1n) is 6.67. The average molecular weight is 273 g/mol. The molecule has 0 saturated carbocycles. The van der Waals surface area contributed by atoms with E-state index in [1.165, 1.54) is 0 Å². The molecule has 1 aromatic carbocycles. The molecule has 2 rings (SSSR count). The van der Waals surface area contributed by atoms with E-state index in [1.54, 1.807) is 12.4 Å². The molecule has 0 saturated heterocycles. The molecule has 0 aliphatic rings. The van der Waals surface area contributed by atoms with E-state index < -0.39 is 0 Å². The van der Waals surface area contributed by atoms with Crippen LogP contribution in [0, 0.1) is 0 Å². The Labute approximate surface area is 118 Å². The first-order chi connectivity index (χ1) is 9.78. The van der Waals surface area contributed by atoms with Gasteiger partial charge in [0, 0.05) is 5.56 Å². The summed E-state index contributed by atoms with van der Waals surface area (Å²) in [4.78, 5) is 8.66. The van der Waals surface area contributed by atoms with Crippen molar-refractivity contribution < 1.29 is 10.2 Å². The Kier molecular flexibility index (Phi) is 5.03. The van der Waals surface area contributed by atoms with Gasteiger partial charge in [-0.3, -0.25) is 4.98 Å². The lowest BCUT2D eigenvalue weighted by molar-refractivity contribution is 0.271. The predicted molar refractivity (Wildman–Crippen MR) is 78.2 cm³/mol. The van der Waals surface area contributed by atoms with Crippen molar-refractivity contribution in [3.05, 3.63) is 42.2 Å². The van der Waals surface area contributed by atoms with Crippen LogP contribution in [-0.4, -0.2) is 32.8 Å². The summed E-state index contributed by atoms with van der Waals surface area (Å²) in [6.07, 6.45) is 4.10. The molecule has 5 nitrogen and oxygen atoms in total. The Hall–Kier alpha value is -1.98. The normalized spacial score (nSPS) is 12.2. The second-order valence-electron chi connectivity index (χ2n) is 4.54. The summed E-state index contributed by atoms with van der Waals surface area (Å²) in [7, 11) is 0. The third kappa shape index (κ3) is 3.31. The smallest absolute Gasteiger partial charge is 0.145 e. The molecule has 0 aliphatic carbocycles. The van der Waals surface area contributed by atoms with Gasteiger partial charge in [-0.1, -0.05) is 31.2 Å². The third-order valence-electron chi connectivity index (χ3n) is 3.16. The van der Waals surface area contributed by atoms with Crippen molar-refractivity contribution >= 4 is 5.82 Å². The van der Waals surface area contributed by atoms with Crippen LogP contribution in [0.3, 0.4) is 0 Å². The maximum atomic E-state index is 9.37. The average Bonchev–Trinajstić information content (AvgIpc) is 2.52. The molecule has 1 unspecified atom stereocenters. The molecule has 5 heteroatoms. The van der Waals surface area contributed by atoms with E-state index >= 15 is 0 Å². The first-order valence-corrected chi connectivity index (χ1v) is 6.67. The van der Waals surface area contributed by atoms with Crippen LogP contribution in [-0.2, 0) is 6.61 Å². The van der Waals surface area contributed by atoms with Crippen LogP contribution < -0.4 is 5.32 Å². The molecule has 1 aromatic heterocycles. The van der Waals surface area contributed by atoms with E-state index in [2.05, 4.69) is 15.3 Å². The van der Waals surface area contributed by atoms with Crippen LogP contribution >= 0.6 is 0 Å². The Balaban J connectivity index is 2.29. The van der Waals surface area contributed by atoms with Gasteiger partial charge in [-0.15, -0.1) is 0 Å². The lowest BCUT2D eigenvalue weighted by atomic mass is 10.1. The summed E-state index contributed by atoms with van der Waals surface area (Å²) < 4.78 is 0. The van der Waals surface area contributed by atoms with Gasteiger partial charge in [0.15, 0.2) is 0 Å². The molecule has 0 spiro atoms. The molecule has 1 atom stereocenters. The number of aromatic nitrogens is 2. The fourth-order valence-corrected chi connectivity index (χ4v) is 1.96. The lowest BCUT2D eigenvalue weighted by Gasteiger charge is -2.15. The number of aliphatic hydroxyl groups is 2. The van der Waals surface area contributed by atoms with Crippen molar-refractivity contribution in [3.8, 4) is 11.3 Å². The molecule has 0 bridgehead atoms. The summed E-state index contributed by atoms with van der Waals surface area (Å²) in [6.45, 7) is 2.01. The van der Waals surface area contributed by atoms with Gasteiger partial charge in [0.05, 0.1) is 37.3 Å². The Bertz CT molecular complexity index is 556. The van der Waals surface area contributed by atoms with E-state index in [-0.39, 0.29) is 19.3 Å². The van der Waals surface area contributed by atoms with E-state index in [4.69, 9.17) is 0 Å². The van der Waals surface area contributed by atoms with Gasteiger partial charge < -0.3 is 15.5 Å². The van der Waals surface area contributed by atoms with Gasteiger partial charge in [0.2, 0.25) is 0 Å². The molecule has 0 amide bonds. The summed E-state index contributed by atoms with van der Waals surface area (Å²) in [5.74, 6) is 0.621. The van der Waals surface area contributed by atoms with Crippen LogP contribution in [0.1, 0.15) is 18.9 Å². The van der Waals surface area contributed by atoms with Crippen LogP contribution in [0.25, 0.3) is 11.3 Å². The van der Waals surface area contributed by atoms with Gasteiger partial charge in [-0.05, 0) is 12.0 Å². The van der Waals surface area contributed by atoms with E-state index in [1.807, 2.05) is 31.2 Å². The highest BCUT2D eigenvalue weighted by molar-refractivity contribution is 5.64. The summed E-state index contributed by atoms with van der Waals surface area (Å²) >= 11 is 0. The van der Waals surface area contributed by atoms with Crippen molar-refractivity contribution in [1.82, 2.24) is 9.97 Å². The van der Waals surface area contributed by atoms with Crippen LogP contribution in [0.5, 0.6) is 0 Å². The number of nitrogens with one attached hydrogen (secondary N) is 1. The molecule has 0 radical (unpaired) electrons. The molecule has 0 aliphatic heterocycles. The minimum atomic E-state index is -0.0380. The number of aliphatic hydroxyl groups excluding tert-OH is 2. The van der Waals surface area contributed by atoms with Crippen molar-refractivity contribution in [3.63, 3.8) is 0 Å².